The Morgan fingerprint density at radius 2 is 1.92 bits per heavy atom. The highest BCUT2D eigenvalue weighted by atomic mass is 127. The molecule has 6 nitrogen and oxygen atoms in total. The first kappa shape index (κ1) is 23.5. The lowest BCUT2D eigenvalue weighted by Crippen LogP contribution is -2.48. The standard InChI is InChI=1S/C18H30N4O2.HI/c1-13-9-7-8-10-15(13)24-14(2)11-21-17(20-6)22-12-18(3,4)16(23)19-5;/h7-10,14H,11-12H2,1-6H3,(H,19,23)(H2,20,21,22);1H. The fourth-order valence-corrected chi connectivity index (χ4v) is 2.13. The molecule has 0 bridgehead atoms. The number of nitrogens with one attached hydrogen (secondary N) is 3. The Morgan fingerprint density at radius 3 is 2.48 bits per heavy atom. The molecule has 25 heavy (non-hydrogen) atoms. The summed E-state index contributed by atoms with van der Waals surface area (Å²) in [6.07, 6.45) is -0.0170. The summed E-state index contributed by atoms with van der Waals surface area (Å²) >= 11 is 0. The average Bonchev–Trinajstić information content (AvgIpc) is 2.56. The summed E-state index contributed by atoms with van der Waals surface area (Å²) in [5, 5.41) is 9.07. The van der Waals surface area contributed by atoms with E-state index in [2.05, 4.69) is 20.9 Å². The van der Waals surface area contributed by atoms with Gasteiger partial charge in [-0.1, -0.05) is 18.2 Å². The Kier molecular flexibility index (Phi) is 10.5. The Morgan fingerprint density at radius 1 is 1.28 bits per heavy atom. The number of carbonyl (C=O) groups is 1. The summed E-state index contributed by atoms with van der Waals surface area (Å²) in [6.45, 7) is 8.89. The van der Waals surface area contributed by atoms with Gasteiger partial charge in [-0.15, -0.1) is 24.0 Å². The molecule has 0 aliphatic rings. The van der Waals surface area contributed by atoms with Gasteiger partial charge in [0.05, 0.1) is 12.0 Å². The largest absolute Gasteiger partial charge is 0.489 e. The van der Waals surface area contributed by atoms with Gasteiger partial charge in [0.25, 0.3) is 0 Å². The second-order valence-electron chi connectivity index (χ2n) is 6.46. The number of hydrogen-bond donors (Lipinski definition) is 3. The molecule has 1 rings (SSSR count). The molecule has 0 spiro atoms. The van der Waals surface area contributed by atoms with Crippen LogP contribution in [0.1, 0.15) is 26.3 Å². The van der Waals surface area contributed by atoms with E-state index in [1.165, 1.54) is 0 Å². The maximum Gasteiger partial charge on any atom is 0.227 e. The maximum atomic E-state index is 11.8. The molecule has 0 saturated carbocycles. The van der Waals surface area contributed by atoms with Gasteiger partial charge in [0.1, 0.15) is 11.9 Å². The van der Waals surface area contributed by atoms with E-state index >= 15 is 0 Å². The molecule has 3 N–H and O–H groups in total. The van der Waals surface area contributed by atoms with Gasteiger partial charge >= 0.3 is 0 Å². The number of ether oxygens (including phenoxy) is 1. The van der Waals surface area contributed by atoms with Gasteiger partial charge < -0.3 is 20.7 Å². The van der Waals surface area contributed by atoms with E-state index in [0.717, 1.165) is 11.3 Å². The normalized spacial score (nSPS) is 12.6. The van der Waals surface area contributed by atoms with Crippen molar-refractivity contribution in [2.75, 3.05) is 27.2 Å². The molecule has 0 radical (unpaired) electrons. The van der Waals surface area contributed by atoms with Crippen LogP contribution in [0.2, 0.25) is 0 Å². The molecular weight excluding hydrogens is 431 g/mol. The number of aliphatic imine (C=N–C) groups is 1. The molecule has 0 aliphatic carbocycles. The molecule has 1 aromatic rings. The number of halogens is 1. The minimum atomic E-state index is -0.518. The minimum Gasteiger partial charge on any atom is -0.489 e. The van der Waals surface area contributed by atoms with Crippen LogP contribution in [0.25, 0.3) is 0 Å². The topological polar surface area (TPSA) is 74.8 Å². The van der Waals surface area contributed by atoms with Crippen molar-refractivity contribution in [3.05, 3.63) is 29.8 Å². The fraction of sp³-hybridized carbons (Fsp3) is 0.556. The summed E-state index contributed by atoms with van der Waals surface area (Å²) < 4.78 is 5.93. The number of para-hydroxylation sites is 1. The van der Waals surface area contributed by atoms with Crippen LogP contribution in [0.4, 0.5) is 0 Å². The van der Waals surface area contributed by atoms with Crippen LogP contribution in [-0.2, 0) is 4.79 Å². The second-order valence-corrected chi connectivity index (χ2v) is 6.46. The minimum absolute atomic E-state index is 0. The Labute approximate surface area is 168 Å². The van der Waals surface area contributed by atoms with Crippen LogP contribution in [0, 0.1) is 12.3 Å². The van der Waals surface area contributed by atoms with Crippen molar-refractivity contribution < 1.29 is 9.53 Å². The number of guanidine groups is 1. The van der Waals surface area contributed by atoms with Gasteiger partial charge in [-0.2, -0.15) is 0 Å². The van der Waals surface area contributed by atoms with Crippen LogP contribution in [0.15, 0.2) is 29.3 Å². The van der Waals surface area contributed by atoms with Gasteiger partial charge in [0, 0.05) is 20.6 Å². The first-order valence-electron chi connectivity index (χ1n) is 8.19. The van der Waals surface area contributed by atoms with Crippen LogP contribution < -0.4 is 20.7 Å². The first-order valence-corrected chi connectivity index (χ1v) is 8.19. The van der Waals surface area contributed by atoms with E-state index in [-0.39, 0.29) is 36.0 Å². The molecule has 0 aromatic heterocycles. The number of hydrogen-bond acceptors (Lipinski definition) is 3. The van der Waals surface area contributed by atoms with Gasteiger partial charge in [-0.05, 0) is 39.3 Å². The zero-order valence-electron chi connectivity index (χ0n) is 16.0. The number of carbonyl (C=O) groups excluding carboxylic acids is 1. The third kappa shape index (κ3) is 7.94. The first-order chi connectivity index (χ1) is 11.3. The molecule has 1 aromatic carbocycles. The van der Waals surface area contributed by atoms with Gasteiger partial charge in [-0.25, -0.2) is 0 Å². The van der Waals surface area contributed by atoms with Gasteiger partial charge in [0.2, 0.25) is 5.91 Å². The van der Waals surface area contributed by atoms with Gasteiger partial charge in [-0.3, -0.25) is 9.79 Å². The SMILES string of the molecule is CN=C(NCC(C)Oc1ccccc1C)NCC(C)(C)C(=O)NC.I. The zero-order valence-corrected chi connectivity index (χ0v) is 18.3. The summed E-state index contributed by atoms with van der Waals surface area (Å²) in [5.41, 5.74) is 0.592. The van der Waals surface area contributed by atoms with E-state index in [4.69, 9.17) is 4.74 Å². The lowest BCUT2D eigenvalue weighted by Gasteiger charge is -2.25. The summed E-state index contributed by atoms with van der Waals surface area (Å²) in [6, 6.07) is 7.94. The van der Waals surface area contributed by atoms with Crippen LogP contribution in [0.5, 0.6) is 5.75 Å². The number of nitrogens with zero attached hydrogens (tertiary/aromatic N) is 1. The molecule has 1 atom stereocenters. The van der Waals surface area contributed by atoms with E-state index in [9.17, 15) is 4.79 Å². The molecule has 1 unspecified atom stereocenters. The molecule has 0 heterocycles. The monoisotopic (exact) mass is 462 g/mol. The molecule has 7 heteroatoms. The smallest absolute Gasteiger partial charge is 0.227 e. The number of amides is 1. The van der Waals surface area contributed by atoms with E-state index < -0.39 is 5.41 Å². The lowest BCUT2D eigenvalue weighted by atomic mass is 9.92. The highest BCUT2D eigenvalue weighted by molar-refractivity contribution is 14.0. The van der Waals surface area contributed by atoms with E-state index in [1.807, 2.05) is 52.0 Å². The molecule has 1 amide bonds. The van der Waals surface area contributed by atoms with Crippen molar-refractivity contribution in [3.8, 4) is 5.75 Å². The molecular formula is C18H31IN4O2. The predicted molar refractivity (Wildman–Crippen MR) is 114 cm³/mol. The third-order valence-electron chi connectivity index (χ3n) is 3.74. The molecule has 0 fully saturated rings. The third-order valence-corrected chi connectivity index (χ3v) is 3.74. The summed E-state index contributed by atoms with van der Waals surface area (Å²) in [7, 11) is 3.34. The van der Waals surface area contributed by atoms with Crippen molar-refractivity contribution in [3.63, 3.8) is 0 Å². The van der Waals surface area contributed by atoms with E-state index in [0.29, 0.717) is 19.0 Å². The van der Waals surface area contributed by atoms with Crippen molar-refractivity contribution in [2.24, 2.45) is 10.4 Å². The van der Waals surface area contributed by atoms with Crippen molar-refractivity contribution in [2.45, 2.75) is 33.8 Å². The Hall–Kier alpha value is -1.51. The Balaban J connectivity index is 0.00000576. The predicted octanol–water partition coefficient (Wildman–Crippen LogP) is 2.32. The number of benzene rings is 1. The number of aryl methyl sites for hydroxylation is 1. The van der Waals surface area contributed by atoms with Crippen molar-refractivity contribution in [1.29, 1.82) is 0 Å². The van der Waals surface area contributed by atoms with Crippen LogP contribution in [0.3, 0.4) is 0 Å². The van der Waals surface area contributed by atoms with Crippen molar-refractivity contribution in [1.82, 2.24) is 16.0 Å². The van der Waals surface area contributed by atoms with Crippen LogP contribution in [-0.4, -0.2) is 45.2 Å². The van der Waals surface area contributed by atoms with Gasteiger partial charge in [0.15, 0.2) is 5.96 Å². The molecule has 0 aliphatic heterocycles. The Bertz CT molecular complexity index is 576. The maximum absolute atomic E-state index is 11.8. The quantitative estimate of drug-likeness (QED) is 0.331. The molecule has 0 saturated heterocycles. The zero-order chi connectivity index (χ0) is 18.2. The highest BCUT2D eigenvalue weighted by Crippen LogP contribution is 2.17. The van der Waals surface area contributed by atoms with Crippen molar-refractivity contribution >= 4 is 35.8 Å². The second kappa shape index (κ2) is 11.2. The molecule has 142 valence electrons. The van der Waals surface area contributed by atoms with E-state index in [1.54, 1.807) is 14.1 Å². The lowest BCUT2D eigenvalue weighted by molar-refractivity contribution is -0.128. The average molecular weight is 462 g/mol. The highest BCUT2D eigenvalue weighted by Gasteiger charge is 2.26. The fourth-order valence-electron chi connectivity index (χ4n) is 2.13. The summed E-state index contributed by atoms with van der Waals surface area (Å²) in [5.74, 6) is 1.52. The number of rotatable bonds is 7. The van der Waals surface area contributed by atoms with Crippen LogP contribution >= 0.6 is 24.0 Å². The summed E-state index contributed by atoms with van der Waals surface area (Å²) in [4.78, 5) is 16.0.